The minimum absolute atomic E-state index is 0.120. The standard InChI is InChI=1S/C24H17BrClN3O2/c25-16-9-7-15(8-10-16)23-20-21(18-3-1-2-4-19(18)30)27-28-22(20)24(31)29(23)13-14-5-11-17(26)12-6-14/h1-12,23,30H,13H2,(H,27,28). The smallest absolute Gasteiger partial charge is 0.273 e. The highest BCUT2D eigenvalue weighted by molar-refractivity contribution is 9.10. The number of para-hydroxylation sites is 1. The normalized spacial score (nSPS) is 15.4. The molecule has 0 aliphatic carbocycles. The van der Waals surface area contributed by atoms with Crippen LogP contribution in [0.25, 0.3) is 11.3 Å². The number of nitrogens with zero attached hydrogens (tertiary/aromatic N) is 2. The summed E-state index contributed by atoms with van der Waals surface area (Å²) in [5.41, 5.74) is 4.31. The fourth-order valence-corrected chi connectivity index (χ4v) is 4.41. The van der Waals surface area contributed by atoms with Gasteiger partial charge in [-0.3, -0.25) is 9.89 Å². The number of fused-ring (bicyclic) bond motifs is 1. The number of carbonyl (C=O) groups excluding carboxylic acids is 1. The van der Waals surface area contributed by atoms with E-state index in [-0.39, 0.29) is 17.7 Å². The Morgan fingerprint density at radius 2 is 1.74 bits per heavy atom. The van der Waals surface area contributed by atoms with Gasteiger partial charge in [0.2, 0.25) is 0 Å². The number of rotatable bonds is 4. The van der Waals surface area contributed by atoms with Gasteiger partial charge in [0, 0.05) is 27.2 Å². The maximum Gasteiger partial charge on any atom is 0.273 e. The fourth-order valence-electron chi connectivity index (χ4n) is 4.02. The highest BCUT2D eigenvalue weighted by Crippen LogP contribution is 2.45. The molecule has 0 radical (unpaired) electrons. The molecule has 2 N–H and O–H groups in total. The number of benzene rings is 3. The SMILES string of the molecule is O=C1c2[nH]nc(-c3ccccc3O)c2C(c2ccc(Br)cc2)N1Cc1ccc(Cl)cc1. The van der Waals surface area contributed by atoms with E-state index in [1.54, 1.807) is 18.2 Å². The molecule has 1 unspecified atom stereocenters. The maximum atomic E-state index is 13.4. The van der Waals surface area contributed by atoms with Gasteiger partial charge in [-0.1, -0.05) is 63.9 Å². The molecule has 0 fully saturated rings. The highest BCUT2D eigenvalue weighted by Gasteiger charge is 2.42. The van der Waals surface area contributed by atoms with Crippen LogP contribution in [0.2, 0.25) is 5.02 Å². The summed E-state index contributed by atoms with van der Waals surface area (Å²) >= 11 is 9.52. The molecule has 4 aromatic rings. The fraction of sp³-hybridized carbons (Fsp3) is 0.0833. The number of amides is 1. The highest BCUT2D eigenvalue weighted by atomic mass is 79.9. The molecule has 1 aliphatic heterocycles. The van der Waals surface area contributed by atoms with Crippen LogP contribution >= 0.6 is 27.5 Å². The molecular formula is C24H17BrClN3O2. The molecular weight excluding hydrogens is 478 g/mol. The number of hydrogen-bond acceptors (Lipinski definition) is 3. The predicted octanol–water partition coefficient (Wildman–Crippen LogP) is 5.94. The van der Waals surface area contributed by atoms with Gasteiger partial charge in [-0.2, -0.15) is 5.10 Å². The average Bonchev–Trinajstić information content (AvgIpc) is 3.30. The molecule has 5 nitrogen and oxygen atoms in total. The van der Waals surface area contributed by atoms with Crippen LogP contribution in [0.4, 0.5) is 0 Å². The van der Waals surface area contributed by atoms with Crippen molar-refractivity contribution in [3.63, 3.8) is 0 Å². The van der Waals surface area contributed by atoms with Gasteiger partial charge in [-0.25, -0.2) is 0 Å². The third-order valence-electron chi connectivity index (χ3n) is 5.47. The molecule has 0 saturated carbocycles. The minimum atomic E-state index is -0.348. The van der Waals surface area contributed by atoms with E-state index in [2.05, 4.69) is 26.1 Å². The maximum absolute atomic E-state index is 13.4. The molecule has 154 valence electrons. The van der Waals surface area contributed by atoms with Crippen molar-refractivity contribution in [2.24, 2.45) is 0 Å². The van der Waals surface area contributed by atoms with E-state index in [0.29, 0.717) is 28.5 Å². The second-order valence-electron chi connectivity index (χ2n) is 7.39. The Morgan fingerprint density at radius 1 is 1.03 bits per heavy atom. The lowest BCUT2D eigenvalue weighted by atomic mass is 9.95. The number of H-pyrrole nitrogens is 1. The van der Waals surface area contributed by atoms with E-state index < -0.39 is 0 Å². The number of hydrogen-bond donors (Lipinski definition) is 2. The number of halogens is 2. The van der Waals surface area contributed by atoms with E-state index >= 15 is 0 Å². The molecule has 31 heavy (non-hydrogen) atoms. The first-order valence-electron chi connectivity index (χ1n) is 9.70. The monoisotopic (exact) mass is 493 g/mol. The number of phenolic OH excluding ortho intramolecular Hbond substituents is 1. The summed E-state index contributed by atoms with van der Waals surface area (Å²) < 4.78 is 0.957. The molecule has 0 bridgehead atoms. The van der Waals surface area contributed by atoms with Crippen molar-refractivity contribution >= 4 is 33.4 Å². The lowest BCUT2D eigenvalue weighted by molar-refractivity contribution is 0.0730. The number of aromatic nitrogens is 2. The molecule has 1 amide bonds. The van der Waals surface area contributed by atoms with Gasteiger partial charge in [0.15, 0.2) is 0 Å². The number of aromatic hydroxyl groups is 1. The number of phenols is 1. The van der Waals surface area contributed by atoms with Gasteiger partial charge in [0.05, 0.1) is 6.04 Å². The molecule has 1 aromatic heterocycles. The molecule has 5 rings (SSSR count). The van der Waals surface area contributed by atoms with E-state index in [4.69, 9.17) is 11.6 Å². The Morgan fingerprint density at radius 3 is 2.45 bits per heavy atom. The zero-order valence-electron chi connectivity index (χ0n) is 16.2. The molecule has 0 spiro atoms. The van der Waals surface area contributed by atoms with Crippen LogP contribution in [0.3, 0.4) is 0 Å². The van der Waals surface area contributed by atoms with Crippen LogP contribution in [0.5, 0.6) is 5.75 Å². The summed E-state index contributed by atoms with van der Waals surface area (Å²) in [5, 5.41) is 18.4. The van der Waals surface area contributed by atoms with Gasteiger partial charge in [0.1, 0.15) is 17.1 Å². The van der Waals surface area contributed by atoms with E-state index in [0.717, 1.165) is 21.2 Å². The second kappa shape index (κ2) is 7.87. The minimum Gasteiger partial charge on any atom is -0.507 e. The third-order valence-corrected chi connectivity index (χ3v) is 6.26. The van der Waals surface area contributed by atoms with Crippen molar-refractivity contribution in [2.75, 3.05) is 0 Å². The van der Waals surface area contributed by atoms with Gasteiger partial charge in [-0.05, 0) is 47.5 Å². The van der Waals surface area contributed by atoms with Crippen molar-refractivity contribution in [1.29, 1.82) is 0 Å². The summed E-state index contributed by atoms with van der Waals surface area (Å²) in [6.45, 7) is 0.416. The second-order valence-corrected chi connectivity index (χ2v) is 8.74. The first-order valence-corrected chi connectivity index (χ1v) is 10.9. The Hall–Kier alpha value is -3.09. The van der Waals surface area contributed by atoms with E-state index in [9.17, 15) is 9.90 Å². The number of carbonyl (C=O) groups is 1. The summed E-state index contributed by atoms with van der Waals surface area (Å²) in [5.74, 6) is -0.0120. The third kappa shape index (κ3) is 3.52. The molecule has 3 aromatic carbocycles. The van der Waals surface area contributed by atoms with Gasteiger partial charge in [0.25, 0.3) is 5.91 Å². The summed E-state index contributed by atoms with van der Waals surface area (Å²) in [7, 11) is 0. The molecule has 7 heteroatoms. The lowest BCUT2D eigenvalue weighted by Gasteiger charge is -2.26. The summed E-state index contributed by atoms with van der Waals surface area (Å²) in [4.78, 5) is 15.2. The molecule has 2 heterocycles. The average molecular weight is 495 g/mol. The predicted molar refractivity (Wildman–Crippen MR) is 123 cm³/mol. The zero-order chi connectivity index (χ0) is 21.5. The largest absolute Gasteiger partial charge is 0.507 e. The van der Waals surface area contributed by atoms with Crippen LogP contribution in [0.15, 0.2) is 77.3 Å². The van der Waals surface area contributed by atoms with Crippen LogP contribution < -0.4 is 0 Å². The van der Waals surface area contributed by atoms with Crippen molar-refractivity contribution in [1.82, 2.24) is 15.1 Å². The van der Waals surface area contributed by atoms with Gasteiger partial charge >= 0.3 is 0 Å². The summed E-state index contributed by atoms with van der Waals surface area (Å²) in [6, 6.07) is 22.1. The Bertz CT molecular complexity index is 1270. The van der Waals surface area contributed by atoms with E-state index in [1.165, 1.54) is 0 Å². The first kappa shape index (κ1) is 19.8. The Kier molecular flexibility index (Phi) is 5.04. The Balaban J connectivity index is 1.65. The molecule has 1 atom stereocenters. The zero-order valence-corrected chi connectivity index (χ0v) is 18.6. The lowest BCUT2D eigenvalue weighted by Crippen LogP contribution is -2.29. The van der Waals surface area contributed by atoms with Crippen LogP contribution in [0, 0.1) is 0 Å². The quantitative estimate of drug-likeness (QED) is 0.369. The topological polar surface area (TPSA) is 69.2 Å². The summed E-state index contributed by atoms with van der Waals surface area (Å²) in [6.07, 6.45) is 0. The van der Waals surface area contributed by atoms with Gasteiger partial charge < -0.3 is 10.0 Å². The van der Waals surface area contributed by atoms with Crippen molar-refractivity contribution in [3.05, 3.63) is 105 Å². The van der Waals surface area contributed by atoms with Crippen molar-refractivity contribution in [3.8, 4) is 17.0 Å². The van der Waals surface area contributed by atoms with Gasteiger partial charge in [-0.15, -0.1) is 0 Å². The van der Waals surface area contributed by atoms with Crippen molar-refractivity contribution < 1.29 is 9.90 Å². The number of nitrogens with one attached hydrogen (secondary N) is 1. The number of aromatic amines is 1. The van der Waals surface area contributed by atoms with Crippen LogP contribution in [0.1, 0.15) is 33.2 Å². The Labute approximate surface area is 192 Å². The molecule has 1 aliphatic rings. The van der Waals surface area contributed by atoms with Crippen LogP contribution in [-0.2, 0) is 6.54 Å². The van der Waals surface area contributed by atoms with Crippen LogP contribution in [-0.4, -0.2) is 26.1 Å². The molecule has 0 saturated heterocycles. The van der Waals surface area contributed by atoms with Crippen molar-refractivity contribution in [2.45, 2.75) is 12.6 Å². The first-order chi connectivity index (χ1) is 15.0. The van der Waals surface area contributed by atoms with E-state index in [1.807, 2.05) is 59.5 Å².